The maximum Gasteiger partial charge on any atom is 0.286 e. The molecule has 1 aliphatic rings. The van der Waals surface area contributed by atoms with E-state index in [1.165, 1.54) is 36.6 Å². The molecule has 154 valence electrons. The number of carbonyl (C=O) groups excluding carboxylic acids is 2. The molecule has 1 fully saturated rings. The van der Waals surface area contributed by atoms with E-state index in [0.29, 0.717) is 17.9 Å². The van der Waals surface area contributed by atoms with Gasteiger partial charge in [0.1, 0.15) is 5.84 Å². The average molecular weight is 418 g/mol. The fourth-order valence-electron chi connectivity index (χ4n) is 2.82. The molecular formula is C19H22N4O5S. The van der Waals surface area contributed by atoms with Crippen molar-refractivity contribution in [1.29, 1.82) is 0 Å². The molecule has 1 aromatic heterocycles. The maximum absolute atomic E-state index is 12.4. The number of nitrogens with one attached hydrogen (secondary N) is 2. The summed E-state index contributed by atoms with van der Waals surface area (Å²) in [5, 5.41) is 5.23. The van der Waals surface area contributed by atoms with Crippen LogP contribution in [0.15, 0.2) is 56.4 Å². The smallest absolute Gasteiger partial charge is 0.286 e. The number of anilines is 1. The minimum atomic E-state index is -3.79. The van der Waals surface area contributed by atoms with Gasteiger partial charge in [-0.1, -0.05) is 0 Å². The molecule has 2 aromatic rings. The summed E-state index contributed by atoms with van der Waals surface area (Å²) in [5.41, 5.74) is 0.456. The zero-order valence-electron chi connectivity index (χ0n) is 15.9. The van der Waals surface area contributed by atoms with Gasteiger partial charge >= 0.3 is 0 Å². The van der Waals surface area contributed by atoms with Gasteiger partial charge in [0.25, 0.3) is 15.9 Å². The molecule has 2 heterocycles. The standard InChI is InChI=1S/C19H22N4O5S/c1-23-12-2-5-17(23)22-29(26,27)15-8-6-14(7-9-15)21-18(24)10-11-20-19(25)16-4-3-13-28-16/h3-4,6-9,13H,2,5,10-12H2,1H3,(H,20,25)(H,21,24). The molecular weight excluding hydrogens is 396 g/mol. The first-order valence-electron chi connectivity index (χ1n) is 9.12. The third-order valence-corrected chi connectivity index (χ3v) is 5.70. The van der Waals surface area contributed by atoms with E-state index in [2.05, 4.69) is 15.0 Å². The first-order valence-corrected chi connectivity index (χ1v) is 10.6. The number of hydrogen-bond acceptors (Lipinski definition) is 5. The van der Waals surface area contributed by atoms with E-state index in [-0.39, 0.29) is 29.5 Å². The van der Waals surface area contributed by atoms with Crippen LogP contribution in [-0.2, 0) is 14.8 Å². The van der Waals surface area contributed by atoms with Gasteiger partial charge in [-0.05, 0) is 42.8 Å². The summed E-state index contributed by atoms with van der Waals surface area (Å²) >= 11 is 0. The lowest BCUT2D eigenvalue weighted by atomic mass is 10.3. The monoisotopic (exact) mass is 418 g/mol. The van der Waals surface area contributed by atoms with Crippen molar-refractivity contribution in [2.75, 3.05) is 25.5 Å². The molecule has 1 aliphatic heterocycles. The van der Waals surface area contributed by atoms with Crippen molar-refractivity contribution in [3.05, 3.63) is 48.4 Å². The molecule has 0 aliphatic carbocycles. The number of hydrogen-bond donors (Lipinski definition) is 2. The first-order chi connectivity index (χ1) is 13.8. The van der Waals surface area contributed by atoms with Crippen molar-refractivity contribution in [3.63, 3.8) is 0 Å². The summed E-state index contributed by atoms with van der Waals surface area (Å²) in [5.74, 6) is 0.0219. The Morgan fingerprint density at radius 1 is 1.21 bits per heavy atom. The zero-order valence-corrected chi connectivity index (χ0v) is 16.7. The molecule has 9 nitrogen and oxygen atoms in total. The van der Waals surface area contributed by atoms with E-state index in [1.54, 1.807) is 6.07 Å². The molecule has 10 heteroatoms. The third-order valence-electron chi connectivity index (χ3n) is 4.38. The highest BCUT2D eigenvalue weighted by atomic mass is 32.2. The van der Waals surface area contributed by atoms with Crippen molar-refractivity contribution >= 4 is 33.4 Å². The van der Waals surface area contributed by atoms with Crippen LogP contribution < -0.4 is 10.6 Å². The average Bonchev–Trinajstić information content (AvgIpc) is 3.34. The Balaban J connectivity index is 1.52. The van der Waals surface area contributed by atoms with Gasteiger partial charge < -0.3 is 20.0 Å². The van der Waals surface area contributed by atoms with Crippen LogP contribution in [0.1, 0.15) is 29.8 Å². The SMILES string of the molecule is CN1CCCC1=NS(=O)(=O)c1ccc(NC(=O)CCNC(=O)c2ccco2)cc1. The normalized spacial score (nSPS) is 15.5. The van der Waals surface area contributed by atoms with Gasteiger partial charge in [-0.2, -0.15) is 8.42 Å². The molecule has 0 spiro atoms. The molecule has 0 bridgehead atoms. The number of rotatable bonds is 7. The van der Waals surface area contributed by atoms with Crippen LogP contribution in [0.2, 0.25) is 0 Å². The number of benzene rings is 1. The molecule has 1 aromatic carbocycles. The van der Waals surface area contributed by atoms with Gasteiger partial charge in [0.2, 0.25) is 5.91 Å². The Kier molecular flexibility index (Phi) is 6.32. The summed E-state index contributed by atoms with van der Waals surface area (Å²) in [7, 11) is -1.97. The van der Waals surface area contributed by atoms with Crippen LogP contribution >= 0.6 is 0 Å². The minimum Gasteiger partial charge on any atom is -0.459 e. The Labute approximate surface area is 168 Å². The first kappa shape index (κ1) is 20.6. The second-order valence-electron chi connectivity index (χ2n) is 6.56. The lowest BCUT2D eigenvalue weighted by Crippen LogP contribution is -2.27. The van der Waals surface area contributed by atoms with E-state index >= 15 is 0 Å². The highest BCUT2D eigenvalue weighted by molar-refractivity contribution is 7.90. The highest BCUT2D eigenvalue weighted by Gasteiger charge is 2.20. The van der Waals surface area contributed by atoms with Crippen molar-refractivity contribution in [1.82, 2.24) is 10.2 Å². The second kappa shape index (κ2) is 8.91. The Hall–Kier alpha value is -3.14. The predicted molar refractivity (Wildman–Crippen MR) is 107 cm³/mol. The Morgan fingerprint density at radius 2 is 1.97 bits per heavy atom. The maximum atomic E-state index is 12.4. The summed E-state index contributed by atoms with van der Waals surface area (Å²) in [6.45, 7) is 0.935. The van der Waals surface area contributed by atoms with Gasteiger partial charge in [0, 0.05) is 38.7 Å². The molecule has 0 atom stereocenters. The van der Waals surface area contributed by atoms with Crippen LogP contribution in [0.3, 0.4) is 0 Å². The number of likely N-dealkylation sites (tertiary alicyclic amines) is 1. The molecule has 0 unspecified atom stereocenters. The lowest BCUT2D eigenvalue weighted by molar-refractivity contribution is -0.116. The summed E-state index contributed by atoms with van der Waals surface area (Å²) in [6.07, 6.45) is 2.98. The fraction of sp³-hybridized carbons (Fsp3) is 0.316. The van der Waals surface area contributed by atoms with E-state index in [0.717, 1.165) is 13.0 Å². The zero-order chi connectivity index (χ0) is 20.9. The van der Waals surface area contributed by atoms with Crippen LogP contribution in [0, 0.1) is 0 Å². The summed E-state index contributed by atoms with van der Waals surface area (Å²) < 4.78 is 33.7. The van der Waals surface area contributed by atoms with E-state index in [4.69, 9.17) is 4.42 Å². The van der Waals surface area contributed by atoms with Gasteiger partial charge in [-0.25, -0.2) is 0 Å². The van der Waals surface area contributed by atoms with Crippen LogP contribution in [0.5, 0.6) is 0 Å². The molecule has 1 saturated heterocycles. The predicted octanol–water partition coefficient (Wildman–Crippen LogP) is 1.85. The van der Waals surface area contributed by atoms with Crippen LogP contribution in [-0.4, -0.2) is 51.1 Å². The van der Waals surface area contributed by atoms with Gasteiger partial charge in [0.05, 0.1) is 11.2 Å². The van der Waals surface area contributed by atoms with Gasteiger partial charge in [-0.15, -0.1) is 4.40 Å². The number of amides is 2. The van der Waals surface area contributed by atoms with E-state index in [1.807, 2.05) is 11.9 Å². The molecule has 29 heavy (non-hydrogen) atoms. The topological polar surface area (TPSA) is 121 Å². The van der Waals surface area contributed by atoms with Crippen molar-refractivity contribution in [3.8, 4) is 0 Å². The minimum absolute atomic E-state index is 0.0620. The van der Waals surface area contributed by atoms with Crippen molar-refractivity contribution < 1.29 is 22.4 Å². The van der Waals surface area contributed by atoms with E-state index in [9.17, 15) is 18.0 Å². The Morgan fingerprint density at radius 3 is 2.59 bits per heavy atom. The van der Waals surface area contributed by atoms with Gasteiger partial charge in [0.15, 0.2) is 5.76 Å². The molecule has 0 radical (unpaired) electrons. The fourth-order valence-corrected chi connectivity index (χ4v) is 3.91. The number of amidine groups is 1. The van der Waals surface area contributed by atoms with Gasteiger partial charge in [-0.3, -0.25) is 9.59 Å². The summed E-state index contributed by atoms with van der Waals surface area (Å²) in [6, 6.07) is 8.95. The molecule has 2 N–H and O–H groups in total. The van der Waals surface area contributed by atoms with E-state index < -0.39 is 15.9 Å². The highest BCUT2D eigenvalue weighted by Crippen LogP contribution is 2.19. The Bertz CT molecular complexity index is 998. The number of sulfonamides is 1. The quantitative estimate of drug-likeness (QED) is 0.708. The number of nitrogens with zero attached hydrogens (tertiary/aromatic N) is 2. The second-order valence-corrected chi connectivity index (χ2v) is 8.17. The number of carbonyl (C=O) groups is 2. The molecule has 3 rings (SSSR count). The molecule has 0 saturated carbocycles. The van der Waals surface area contributed by atoms with Crippen molar-refractivity contribution in [2.24, 2.45) is 4.40 Å². The largest absolute Gasteiger partial charge is 0.459 e. The molecule has 2 amide bonds. The van der Waals surface area contributed by atoms with Crippen LogP contribution in [0.25, 0.3) is 0 Å². The third kappa shape index (κ3) is 5.44. The van der Waals surface area contributed by atoms with Crippen LogP contribution in [0.4, 0.5) is 5.69 Å². The lowest BCUT2D eigenvalue weighted by Gasteiger charge is -2.11. The number of furan rings is 1. The van der Waals surface area contributed by atoms with Crippen molar-refractivity contribution in [2.45, 2.75) is 24.2 Å². The summed E-state index contributed by atoms with van der Waals surface area (Å²) in [4.78, 5) is 25.6.